The molecule has 2 amide bonds. The molecule has 3 rings (SSSR count). The van der Waals surface area contributed by atoms with Gasteiger partial charge in [0, 0.05) is 36.7 Å². The highest BCUT2D eigenvalue weighted by Crippen LogP contribution is 2.44. The Morgan fingerprint density at radius 3 is 2.54 bits per heavy atom. The number of hydrogen-bond donors (Lipinski definition) is 3. The highest BCUT2D eigenvalue weighted by atomic mass is 19.4. The third-order valence-electron chi connectivity index (χ3n) is 5.78. The molecule has 39 heavy (non-hydrogen) atoms. The number of aliphatic hydroxyl groups excluding tert-OH is 2. The topological polar surface area (TPSA) is 99.1 Å². The van der Waals surface area contributed by atoms with Gasteiger partial charge in [-0.15, -0.1) is 0 Å². The van der Waals surface area contributed by atoms with E-state index in [2.05, 4.69) is 5.32 Å². The zero-order valence-electron chi connectivity index (χ0n) is 20.6. The lowest BCUT2D eigenvalue weighted by molar-refractivity contribution is -0.138. The Labute approximate surface area is 219 Å². The van der Waals surface area contributed by atoms with Gasteiger partial charge in [-0.25, -0.2) is 13.2 Å². The molecule has 2 atom stereocenters. The second kappa shape index (κ2) is 12.1. The highest BCUT2D eigenvalue weighted by Gasteiger charge is 2.43. The van der Waals surface area contributed by atoms with Crippen LogP contribution in [0.3, 0.4) is 0 Å². The van der Waals surface area contributed by atoms with E-state index in [0.717, 1.165) is 24.0 Å². The number of fused-ring (bicyclic) bond motifs is 1. The van der Waals surface area contributed by atoms with Crippen molar-refractivity contribution in [1.29, 1.82) is 0 Å². The van der Waals surface area contributed by atoms with Crippen LogP contribution in [0.2, 0.25) is 0 Å². The maximum Gasteiger partial charge on any atom is 0.417 e. The first-order chi connectivity index (χ1) is 18.2. The summed E-state index contributed by atoms with van der Waals surface area (Å²) in [5.74, 6) is -6.21. The first-order valence-electron chi connectivity index (χ1n) is 11.8. The van der Waals surface area contributed by atoms with Gasteiger partial charge < -0.3 is 25.2 Å². The molecule has 7 nitrogen and oxygen atoms in total. The standard InChI is InChI=1S/C26H26F6N2O5/c1-15(27)14-39-17-6-7-19(21(10-17)26(30,31)32)24(38)34-9-8-25(28,29)20(18-4-2-3-5-22(18)34)11-23(37)33-12-16(36)13-35/h2-7,10-11,15-16,35-36H,8-9,12-14H2,1H3,(H,33,37)/b20-11-/t15-,16-/m1/s1. The third kappa shape index (κ3) is 7.30. The predicted molar refractivity (Wildman–Crippen MR) is 129 cm³/mol. The molecule has 0 saturated carbocycles. The van der Waals surface area contributed by atoms with E-state index in [4.69, 9.17) is 9.84 Å². The summed E-state index contributed by atoms with van der Waals surface area (Å²) < 4.78 is 90.3. The van der Waals surface area contributed by atoms with Gasteiger partial charge >= 0.3 is 6.18 Å². The fraction of sp³-hybridized carbons (Fsp3) is 0.385. The van der Waals surface area contributed by atoms with E-state index >= 15 is 8.78 Å². The quantitative estimate of drug-likeness (QED) is 0.335. The molecule has 2 aromatic carbocycles. The summed E-state index contributed by atoms with van der Waals surface area (Å²) in [4.78, 5) is 26.5. The van der Waals surface area contributed by atoms with Gasteiger partial charge in [-0.05, 0) is 31.2 Å². The van der Waals surface area contributed by atoms with Gasteiger partial charge in [0.15, 0.2) is 0 Å². The molecule has 0 aliphatic carbocycles. The Hall–Kier alpha value is -3.58. The van der Waals surface area contributed by atoms with Crippen LogP contribution in [0.1, 0.15) is 34.8 Å². The molecular formula is C26H26F6N2O5. The van der Waals surface area contributed by atoms with Crippen LogP contribution in [-0.2, 0) is 11.0 Å². The molecule has 0 spiro atoms. The number of para-hydroxylation sites is 1. The fourth-order valence-electron chi connectivity index (χ4n) is 3.89. The molecule has 3 N–H and O–H groups in total. The molecular weight excluding hydrogens is 534 g/mol. The number of anilines is 1. The van der Waals surface area contributed by atoms with Crippen molar-refractivity contribution in [3.63, 3.8) is 0 Å². The van der Waals surface area contributed by atoms with E-state index in [1.807, 2.05) is 0 Å². The smallest absolute Gasteiger partial charge is 0.417 e. The molecule has 0 fully saturated rings. The number of alkyl halides is 6. The van der Waals surface area contributed by atoms with E-state index in [0.29, 0.717) is 12.1 Å². The zero-order valence-corrected chi connectivity index (χ0v) is 20.6. The van der Waals surface area contributed by atoms with Gasteiger partial charge in [-0.1, -0.05) is 18.2 Å². The van der Waals surface area contributed by atoms with Crippen molar-refractivity contribution in [2.45, 2.75) is 37.7 Å². The van der Waals surface area contributed by atoms with E-state index < -0.39 is 85.6 Å². The summed E-state index contributed by atoms with van der Waals surface area (Å²) in [6.45, 7) is -1.13. The van der Waals surface area contributed by atoms with Gasteiger partial charge in [-0.2, -0.15) is 13.2 Å². The Balaban J connectivity index is 2.04. The molecule has 0 bridgehead atoms. The number of aliphatic hydroxyl groups is 2. The monoisotopic (exact) mass is 560 g/mol. The second-order valence-corrected chi connectivity index (χ2v) is 8.86. The number of rotatable bonds is 8. The highest BCUT2D eigenvalue weighted by molar-refractivity contribution is 6.10. The summed E-state index contributed by atoms with van der Waals surface area (Å²) in [6, 6.07) is 7.68. The maximum absolute atomic E-state index is 15.2. The first kappa shape index (κ1) is 30.0. The molecule has 2 aromatic rings. The zero-order chi connectivity index (χ0) is 29.0. The number of ether oxygens (including phenoxy) is 1. The molecule has 1 heterocycles. The molecule has 1 aliphatic heterocycles. The van der Waals surface area contributed by atoms with Crippen LogP contribution in [0.4, 0.5) is 32.0 Å². The van der Waals surface area contributed by atoms with Crippen molar-refractivity contribution < 1.29 is 50.9 Å². The average molecular weight is 560 g/mol. The number of hydrogen-bond acceptors (Lipinski definition) is 5. The number of benzene rings is 2. The minimum absolute atomic E-state index is 0.145. The van der Waals surface area contributed by atoms with Gasteiger partial charge in [0.05, 0.1) is 29.5 Å². The van der Waals surface area contributed by atoms with E-state index in [-0.39, 0.29) is 17.0 Å². The van der Waals surface area contributed by atoms with Crippen molar-refractivity contribution in [2.24, 2.45) is 0 Å². The second-order valence-electron chi connectivity index (χ2n) is 8.86. The van der Waals surface area contributed by atoms with Gasteiger partial charge in [0.25, 0.3) is 11.8 Å². The van der Waals surface area contributed by atoms with Gasteiger partial charge in [0.1, 0.15) is 18.5 Å². The van der Waals surface area contributed by atoms with E-state index in [9.17, 15) is 32.3 Å². The SMILES string of the molecule is C[C@@H](F)COc1ccc(C(=O)N2CCC(F)(F)/C(=C\C(=O)NC[C@@H](O)CO)c3ccccc32)c(C(F)(F)F)c1. The van der Waals surface area contributed by atoms with Crippen LogP contribution in [-0.4, -0.2) is 66.5 Å². The first-order valence-corrected chi connectivity index (χ1v) is 11.8. The lowest BCUT2D eigenvalue weighted by Crippen LogP contribution is -2.34. The van der Waals surface area contributed by atoms with Crippen molar-refractivity contribution in [3.05, 3.63) is 65.2 Å². The number of carbonyl (C=O) groups is 2. The number of carbonyl (C=O) groups excluding carboxylic acids is 2. The molecule has 212 valence electrons. The molecule has 13 heteroatoms. The van der Waals surface area contributed by atoms with Crippen LogP contribution in [0.15, 0.2) is 48.5 Å². The van der Waals surface area contributed by atoms with Crippen LogP contribution in [0, 0.1) is 0 Å². The molecule has 1 aliphatic rings. The minimum Gasteiger partial charge on any atom is -0.491 e. The minimum atomic E-state index is -5.02. The van der Waals surface area contributed by atoms with Crippen molar-refractivity contribution in [1.82, 2.24) is 5.32 Å². The normalized spacial score (nSPS) is 17.7. The maximum atomic E-state index is 15.2. The lowest BCUT2D eigenvalue weighted by atomic mass is 9.97. The van der Waals surface area contributed by atoms with Gasteiger partial charge in [0.2, 0.25) is 5.91 Å². The number of amides is 2. The summed E-state index contributed by atoms with van der Waals surface area (Å²) in [5, 5.41) is 20.4. The van der Waals surface area contributed by atoms with Crippen molar-refractivity contribution in [3.8, 4) is 5.75 Å². The summed E-state index contributed by atoms with van der Waals surface area (Å²) in [6.07, 6.45) is -8.22. The Morgan fingerprint density at radius 2 is 1.90 bits per heavy atom. The summed E-state index contributed by atoms with van der Waals surface area (Å²) in [5.41, 5.74) is -3.39. The fourth-order valence-corrected chi connectivity index (χ4v) is 3.89. The van der Waals surface area contributed by atoms with Crippen LogP contribution in [0.5, 0.6) is 5.75 Å². The predicted octanol–water partition coefficient (Wildman–Crippen LogP) is 3.98. The number of nitrogens with zero attached hydrogens (tertiary/aromatic N) is 1. The Kier molecular flexibility index (Phi) is 9.28. The van der Waals surface area contributed by atoms with E-state index in [1.165, 1.54) is 24.3 Å². The third-order valence-corrected chi connectivity index (χ3v) is 5.78. The Bertz CT molecular complexity index is 1230. The number of halogens is 6. The van der Waals surface area contributed by atoms with E-state index in [1.54, 1.807) is 0 Å². The van der Waals surface area contributed by atoms with Crippen LogP contribution in [0.25, 0.3) is 5.57 Å². The summed E-state index contributed by atoms with van der Waals surface area (Å²) >= 11 is 0. The molecule has 0 radical (unpaired) electrons. The lowest BCUT2D eigenvalue weighted by Gasteiger charge is -2.24. The van der Waals surface area contributed by atoms with Gasteiger partial charge in [-0.3, -0.25) is 9.59 Å². The van der Waals surface area contributed by atoms with Crippen LogP contribution < -0.4 is 15.0 Å². The van der Waals surface area contributed by atoms with Crippen LogP contribution >= 0.6 is 0 Å². The Morgan fingerprint density at radius 1 is 1.21 bits per heavy atom. The molecule has 0 unspecified atom stereocenters. The molecule has 0 saturated heterocycles. The largest absolute Gasteiger partial charge is 0.491 e. The van der Waals surface area contributed by atoms with Crippen molar-refractivity contribution in [2.75, 3.05) is 31.2 Å². The number of nitrogens with one attached hydrogen (secondary N) is 1. The average Bonchev–Trinajstić information content (AvgIpc) is 2.98. The number of allylic oxidation sites excluding steroid dienone is 1. The summed E-state index contributed by atoms with van der Waals surface area (Å²) in [7, 11) is 0. The van der Waals surface area contributed by atoms with Crippen molar-refractivity contribution >= 4 is 23.1 Å². The molecule has 0 aromatic heterocycles.